The Balaban J connectivity index is 0. The molecular formula is C14H32O2. The number of aliphatic hydroxyl groups excluding tert-OH is 1. The van der Waals surface area contributed by atoms with Crippen LogP contribution in [-0.4, -0.2) is 24.4 Å². The van der Waals surface area contributed by atoms with Crippen LogP contribution in [0.25, 0.3) is 0 Å². The van der Waals surface area contributed by atoms with Gasteiger partial charge in [0, 0.05) is 13.2 Å². The van der Waals surface area contributed by atoms with Crippen molar-refractivity contribution in [1.29, 1.82) is 0 Å². The molecule has 0 aliphatic rings. The van der Waals surface area contributed by atoms with E-state index in [0.29, 0.717) is 18.1 Å². The number of hydrogen-bond donors (Lipinski definition) is 1. The van der Waals surface area contributed by atoms with Crippen LogP contribution in [0.15, 0.2) is 0 Å². The smallest absolute Gasteiger partial charge is 0.0572 e. The summed E-state index contributed by atoms with van der Waals surface area (Å²) < 4.78 is 5.67. The molecule has 0 bridgehead atoms. The number of ether oxygens (including phenoxy) is 1. The molecule has 0 rings (SSSR count). The van der Waals surface area contributed by atoms with Crippen LogP contribution in [0.3, 0.4) is 0 Å². The summed E-state index contributed by atoms with van der Waals surface area (Å²) in [4.78, 5) is 0. The van der Waals surface area contributed by atoms with Crippen LogP contribution in [0.1, 0.15) is 67.2 Å². The van der Waals surface area contributed by atoms with E-state index in [2.05, 4.69) is 27.7 Å². The van der Waals surface area contributed by atoms with Gasteiger partial charge in [-0.15, -0.1) is 0 Å². The summed E-state index contributed by atoms with van der Waals surface area (Å²) >= 11 is 0. The molecule has 0 saturated heterocycles. The molecule has 0 fully saturated rings. The van der Waals surface area contributed by atoms with Crippen LogP contribution in [0.2, 0.25) is 0 Å². The minimum Gasteiger partial charge on any atom is -0.396 e. The van der Waals surface area contributed by atoms with Crippen molar-refractivity contribution < 1.29 is 9.84 Å². The van der Waals surface area contributed by atoms with Crippen LogP contribution in [0.4, 0.5) is 0 Å². The van der Waals surface area contributed by atoms with Crippen molar-refractivity contribution in [2.45, 2.75) is 73.3 Å². The van der Waals surface area contributed by atoms with E-state index in [9.17, 15) is 0 Å². The molecule has 0 amide bonds. The molecule has 16 heavy (non-hydrogen) atoms. The quantitative estimate of drug-likeness (QED) is 0.672. The third-order valence-corrected chi connectivity index (χ3v) is 2.33. The van der Waals surface area contributed by atoms with Gasteiger partial charge < -0.3 is 9.84 Å². The normalized spacial score (nSPS) is 12.9. The van der Waals surface area contributed by atoms with E-state index in [1.807, 2.05) is 13.8 Å². The van der Waals surface area contributed by atoms with E-state index >= 15 is 0 Å². The van der Waals surface area contributed by atoms with Crippen molar-refractivity contribution in [3.8, 4) is 0 Å². The Morgan fingerprint density at radius 3 is 2.12 bits per heavy atom. The van der Waals surface area contributed by atoms with Crippen LogP contribution in [-0.2, 0) is 4.74 Å². The highest BCUT2D eigenvalue weighted by Crippen LogP contribution is 2.23. The SMILES string of the molecule is CC.CC[C@H](CCC(C)(C)C)OCCCO. The maximum Gasteiger partial charge on any atom is 0.0572 e. The van der Waals surface area contributed by atoms with Crippen molar-refractivity contribution in [1.82, 2.24) is 0 Å². The van der Waals surface area contributed by atoms with Crippen molar-refractivity contribution in [2.75, 3.05) is 13.2 Å². The summed E-state index contributed by atoms with van der Waals surface area (Å²) in [6.07, 6.45) is 4.53. The summed E-state index contributed by atoms with van der Waals surface area (Å²) in [6.45, 7) is 13.9. The van der Waals surface area contributed by atoms with Gasteiger partial charge >= 0.3 is 0 Å². The number of aliphatic hydroxyl groups is 1. The average Bonchev–Trinajstić information content (AvgIpc) is 2.25. The van der Waals surface area contributed by atoms with E-state index < -0.39 is 0 Å². The molecule has 2 heteroatoms. The van der Waals surface area contributed by atoms with Gasteiger partial charge in [-0.2, -0.15) is 0 Å². The molecule has 0 saturated carbocycles. The molecular weight excluding hydrogens is 200 g/mol. The molecule has 0 spiro atoms. The van der Waals surface area contributed by atoms with Crippen molar-refractivity contribution in [3.05, 3.63) is 0 Å². The third kappa shape index (κ3) is 13.9. The van der Waals surface area contributed by atoms with Crippen molar-refractivity contribution in [3.63, 3.8) is 0 Å². The Bertz CT molecular complexity index is 127. The first-order valence-electron chi connectivity index (χ1n) is 6.72. The second kappa shape index (κ2) is 11.4. The van der Waals surface area contributed by atoms with E-state index in [-0.39, 0.29) is 6.61 Å². The van der Waals surface area contributed by atoms with Crippen LogP contribution >= 0.6 is 0 Å². The summed E-state index contributed by atoms with van der Waals surface area (Å²) in [7, 11) is 0. The molecule has 0 radical (unpaired) electrons. The average molecular weight is 232 g/mol. The maximum atomic E-state index is 8.63. The lowest BCUT2D eigenvalue weighted by Gasteiger charge is -2.22. The Morgan fingerprint density at radius 2 is 1.75 bits per heavy atom. The molecule has 0 unspecified atom stereocenters. The second-order valence-corrected chi connectivity index (χ2v) is 5.08. The van der Waals surface area contributed by atoms with Gasteiger partial charge in [-0.3, -0.25) is 0 Å². The number of hydrogen-bond acceptors (Lipinski definition) is 2. The lowest BCUT2D eigenvalue weighted by Crippen LogP contribution is -2.17. The zero-order valence-electron chi connectivity index (χ0n) is 12.2. The minimum absolute atomic E-state index is 0.232. The topological polar surface area (TPSA) is 29.5 Å². The predicted molar refractivity (Wildman–Crippen MR) is 71.8 cm³/mol. The summed E-state index contributed by atoms with van der Waals surface area (Å²) in [6, 6.07) is 0. The molecule has 0 aromatic rings. The van der Waals surface area contributed by atoms with Gasteiger partial charge in [0.15, 0.2) is 0 Å². The molecule has 2 nitrogen and oxygen atoms in total. The Labute approximate surface area is 102 Å². The Hall–Kier alpha value is -0.0800. The number of rotatable bonds is 7. The van der Waals surface area contributed by atoms with Gasteiger partial charge in [-0.25, -0.2) is 0 Å². The summed E-state index contributed by atoms with van der Waals surface area (Å²) in [5.74, 6) is 0. The molecule has 0 heterocycles. The molecule has 1 N–H and O–H groups in total. The third-order valence-electron chi connectivity index (χ3n) is 2.33. The molecule has 0 aliphatic carbocycles. The van der Waals surface area contributed by atoms with E-state index in [1.165, 1.54) is 6.42 Å². The fraction of sp³-hybridized carbons (Fsp3) is 1.00. The maximum absolute atomic E-state index is 8.63. The van der Waals surface area contributed by atoms with E-state index in [4.69, 9.17) is 9.84 Å². The summed E-state index contributed by atoms with van der Waals surface area (Å²) in [5.41, 5.74) is 0.397. The fourth-order valence-electron chi connectivity index (χ4n) is 1.31. The van der Waals surface area contributed by atoms with Gasteiger partial charge in [0.05, 0.1) is 6.10 Å². The lowest BCUT2D eigenvalue weighted by atomic mass is 9.89. The molecule has 100 valence electrons. The van der Waals surface area contributed by atoms with Crippen molar-refractivity contribution in [2.24, 2.45) is 5.41 Å². The predicted octanol–water partition coefficient (Wildman–Crippen LogP) is 4.02. The van der Waals surface area contributed by atoms with E-state index in [1.54, 1.807) is 0 Å². The van der Waals surface area contributed by atoms with Crippen LogP contribution in [0.5, 0.6) is 0 Å². The highest BCUT2D eigenvalue weighted by Gasteiger charge is 2.14. The Morgan fingerprint density at radius 1 is 1.19 bits per heavy atom. The second-order valence-electron chi connectivity index (χ2n) is 5.08. The fourth-order valence-corrected chi connectivity index (χ4v) is 1.31. The first-order valence-corrected chi connectivity index (χ1v) is 6.72. The Kier molecular flexibility index (Phi) is 13.0. The molecule has 0 aromatic heterocycles. The van der Waals surface area contributed by atoms with Gasteiger partial charge in [-0.1, -0.05) is 41.5 Å². The lowest BCUT2D eigenvalue weighted by molar-refractivity contribution is 0.0298. The first-order chi connectivity index (χ1) is 7.49. The van der Waals surface area contributed by atoms with Crippen LogP contribution in [0, 0.1) is 5.41 Å². The molecule has 0 aliphatic heterocycles. The highest BCUT2D eigenvalue weighted by molar-refractivity contribution is 4.65. The molecule has 0 aromatic carbocycles. The van der Waals surface area contributed by atoms with Crippen LogP contribution < -0.4 is 0 Å². The largest absolute Gasteiger partial charge is 0.396 e. The monoisotopic (exact) mass is 232 g/mol. The zero-order chi connectivity index (χ0) is 13.0. The van der Waals surface area contributed by atoms with Gasteiger partial charge in [0.2, 0.25) is 0 Å². The standard InChI is InChI=1S/C12H26O2.C2H6/c1-5-11(14-10-6-9-13)7-8-12(2,3)4;1-2/h11,13H,5-10H2,1-4H3;1-2H3/t11-;/m1./s1. The molecule has 1 atom stereocenters. The van der Waals surface area contributed by atoms with Gasteiger partial charge in [-0.05, 0) is 31.1 Å². The summed E-state index contributed by atoms with van der Waals surface area (Å²) in [5, 5.41) is 8.63. The van der Waals surface area contributed by atoms with Gasteiger partial charge in [0.1, 0.15) is 0 Å². The zero-order valence-corrected chi connectivity index (χ0v) is 12.2. The first kappa shape index (κ1) is 18.3. The minimum atomic E-state index is 0.232. The van der Waals surface area contributed by atoms with Gasteiger partial charge in [0.25, 0.3) is 0 Å². The van der Waals surface area contributed by atoms with E-state index in [0.717, 1.165) is 19.3 Å². The highest BCUT2D eigenvalue weighted by atomic mass is 16.5. The van der Waals surface area contributed by atoms with Crippen molar-refractivity contribution >= 4 is 0 Å².